The third-order valence-electron chi connectivity index (χ3n) is 3.16. The average Bonchev–Trinajstić information content (AvgIpc) is 2.60. The van der Waals surface area contributed by atoms with Crippen LogP contribution in [0.25, 0.3) is 6.08 Å². The van der Waals surface area contributed by atoms with Crippen molar-refractivity contribution >= 4 is 18.0 Å². The Hall–Kier alpha value is -2.96. The van der Waals surface area contributed by atoms with Crippen LogP contribution >= 0.6 is 0 Å². The van der Waals surface area contributed by atoms with Crippen molar-refractivity contribution in [2.75, 3.05) is 7.11 Å². The van der Waals surface area contributed by atoms with E-state index in [2.05, 4.69) is 0 Å². The molecular weight excluding hydrogens is 312 g/mol. The number of ether oxygens (including phenoxy) is 2. The number of aliphatic hydroxyl groups excluding tert-OH is 1. The summed E-state index contributed by atoms with van der Waals surface area (Å²) in [6, 6.07) is 12.6. The summed E-state index contributed by atoms with van der Waals surface area (Å²) in [7, 11) is 1.38. The van der Waals surface area contributed by atoms with Gasteiger partial charge in [0.1, 0.15) is 5.75 Å². The molecule has 1 atom stereocenters. The molecule has 124 valence electrons. The lowest BCUT2D eigenvalue weighted by molar-refractivity contribution is -0.131. The number of aliphatic hydroxyl groups is 1. The number of carboxylic acids is 1. The summed E-state index contributed by atoms with van der Waals surface area (Å²) >= 11 is 0. The van der Waals surface area contributed by atoms with Crippen molar-refractivity contribution in [3.63, 3.8) is 0 Å². The molecule has 0 spiro atoms. The molecule has 6 nitrogen and oxygen atoms in total. The van der Waals surface area contributed by atoms with Gasteiger partial charge in [-0.25, -0.2) is 9.59 Å². The van der Waals surface area contributed by atoms with Crippen LogP contribution in [0.1, 0.15) is 27.8 Å². The van der Waals surface area contributed by atoms with E-state index in [0.29, 0.717) is 22.4 Å². The highest BCUT2D eigenvalue weighted by Crippen LogP contribution is 2.17. The highest BCUT2D eigenvalue weighted by atomic mass is 16.6. The number of esters is 1. The van der Waals surface area contributed by atoms with Gasteiger partial charge in [0.05, 0.1) is 5.56 Å². The number of aliphatic carboxylic acids is 1. The Morgan fingerprint density at radius 3 is 2.21 bits per heavy atom. The third kappa shape index (κ3) is 4.77. The maximum atomic E-state index is 12.1. The van der Waals surface area contributed by atoms with Gasteiger partial charge in [0.15, 0.2) is 6.29 Å². The largest absolute Gasteiger partial charge is 0.478 e. The summed E-state index contributed by atoms with van der Waals surface area (Å²) in [6.07, 6.45) is 1.42. The van der Waals surface area contributed by atoms with Crippen LogP contribution in [0.15, 0.2) is 54.6 Å². The fourth-order valence-electron chi connectivity index (χ4n) is 1.90. The van der Waals surface area contributed by atoms with E-state index in [1.807, 2.05) is 0 Å². The van der Waals surface area contributed by atoms with E-state index in [4.69, 9.17) is 14.6 Å². The Morgan fingerprint density at radius 1 is 1.04 bits per heavy atom. The molecule has 2 aromatic carbocycles. The monoisotopic (exact) mass is 328 g/mol. The van der Waals surface area contributed by atoms with Crippen molar-refractivity contribution in [2.24, 2.45) is 0 Å². The summed E-state index contributed by atoms with van der Waals surface area (Å²) in [5.74, 6) is -1.23. The van der Waals surface area contributed by atoms with Gasteiger partial charge in [-0.3, -0.25) is 0 Å². The predicted octanol–water partition coefficient (Wildman–Crippen LogP) is 2.64. The van der Waals surface area contributed by atoms with E-state index >= 15 is 0 Å². The lowest BCUT2D eigenvalue weighted by Gasteiger charge is -2.09. The van der Waals surface area contributed by atoms with E-state index in [9.17, 15) is 14.7 Å². The molecule has 24 heavy (non-hydrogen) atoms. The molecule has 0 radical (unpaired) electrons. The molecule has 0 saturated heterocycles. The topological polar surface area (TPSA) is 93.1 Å². The highest BCUT2D eigenvalue weighted by Gasteiger charge is 2.11. The lowest BCUT2D eigenvalue weighted by atomic mass is 10.1. The van der Waals surface area contributed by atoms with E-state index < -0.39 is 18.2 Å². The SMILES string of the molecule is COC(O)c1ccc(C(=O)Oc2ccc(/C=C/C(=O)O)cc2)cc1. The molecule has 0 aliphatic carbocycles. The Balaban J connectivity index is 2.02. The van der Waals surface area contributed by atoms with Crippen molar-refractivity contribution in [3.8, 4) is 5.75 Å². The highest BCUT2D eigenvalue weighted by molar-refractivity contribution is 5.91. The second kappa shape index (κ2) is 8.05. The van der Waals surface area contributed by atoms with Crippen LogP contribution in [0.2, 0.25) is 0 Å². The Morgan fingerprint density at radius 2 is 1.67 bits per heavy atom. The zero-order valence-electron chi connectivity index (χ0n) is 12.9. The minimum atomic E-state index is -1.04. The summed E-state index contributed by atoms with van der Waals surface area (Å²) in [6.45, 7) is 0. The van der Waals surface area contributed by atoms with Gasteiger partial charge in [-0.1, -0.05) is 24.3 Å². The van der Waals surface area contributed by atoms with Crippen molar-refractivity contribution in [3.05, 3.63) is 71.3 Å². The Bertz CT molecular complexity index is 731. The molecule has 2 aromatic rings. The van der Waals surface area contributed by atoms with Gasteiger partial charge in [0.25, 0.3) is 0 Å². The molecule has 0 bridgehead atoms. The molecule has 1 unspecified atom stereocenters. The second-order valence-corrected chi connectivity index (χ2v) is 4.84. The third-order valence-corrected chi connectivity index (χ3v) is 3.16. The van der Waals surface area contributed by atoms with Crippen LogP contribution in [0.4, 0.5) is 0 Å². The van der Waals surface area contributed by atoms with E-state index in [1.54, 1.807) is 36.4 Å². The van der Waals surface area contributed by atoms with Crippen LogP contribution in [0.5, 0.6) is 5.75 Å². The molecule has 0 fully saturated rings. The number of carboxylic acid groups (broad SMARTS) is 1. The first-order valence-corrected chi connectivity index (χ1v) is 7.03. The van der Waals surface area contributed by atoms with Gasteiger partial charge in [-0.05, 0) is 35.9 Å². The molecule has 6 heteroatoms. The molecule has 0 aliphatic heterocycles. The number of carbonyl (C=O) groups excluding carboxylic acids is 1. The second-order valence-electron chi connectivity index (χ2n) is 4.84. The molecular formula is C18H16O6. The number of benzene rings is 2. The standard InChI is InChI=1S/C18H16O6/c1-23-17(21)13-5-7-14(8-6-13)18(22)24-15-9-2-12(3-10-15)4-11-16(19)20/h2-11,17,21H,1H3,(H,19,20)/b11-4+. The van der Waals surface area contributed by atoms with Crippen LogP contribution in [0.3, 0.4) is 0 Å². The summed E-state index contributed by atoms with van der Waals surface area (Å²) in [5.41, 5.74) is 1.54. The summed E-state index contributed by atoms with van der Waals surface area (Å²) in [4.78, 5) is 22.5. The average molecular weight is 328 g/mol. The van der Waals surface area contributed by atoms with Crippen molar-refractivity contribution < 1.29 is 29.3 Å². The van der Waals surface area contributed by atoms with Gasteiger partial charge in [-0.2, -0.15) is 0 Å². The quantitative estimate of drug-likeness (QED) is 0.366. The number of methoxy groups -OCH3 is 1. The maximum absolute atomic E-state index is 12.1. The first-order valence-electron chi connectivity index (χ1n) is 7.03. The van der Waals surface area contributed by atoms with Crippen molar-refractivity contribution in [2.45, 2.75) is 6.29 Å². The minimum Gasteiger partial charge on any atom is -0.478 e. The minimum absolute atomic E-state index is 0.330. The molecule has 0 amide bonds. The van der Waals surface area contributed by atoms with Crippen LogP contribution in [-0.4, -0.2) is 29.3 Å². The van der Waals surface area contributed by atoms with Gasteiger partial charge < -0.3 is 19.7 Å². The molecule has 0 aromatic heterocycles. The fraction of sp³-hybridized carbons (Fsp3) is 0.111. The molecule has 0 heterocycles. The number of hydrogen-bond donors (Lipinski definition) is 2. The lowest BCUT2D eigenvalue weighted by Crippen LogP contribution is -2.09. The molecule has 0 aliphatic rings. The molecule has 0 saturated carbocycles. The Labute approximate surface area is 138 Å². The predicted molar refractivity (Wildman–Crippen MR) is 86.5 cm³/mol. The number of hydrogen-bond acceptors (Lipinski definition) is 5. The fourth-order valence-corrected chi connectivity index (χ4v) is 1.90. The first-order chi connectivity index (χ1) is 11.5. The van der Waals surface area contributed by atoms with E-state index in [0.717, 1.165) is 6.08 Å². The number of rotatable bonds is 6. The molecule has 2 N–H and O–H groups in total. The van der Waals surface area contributed by atoms with Crippen LogP contribution in [-0.2, 0) is 9.53 Å². The van der Waals surface area contributed by atoms with E-state index in [1.165, 1.54) is 25.3 Å². The van der Waals surface area contributed by atoms with Crippen molar-refractivity contribution in [1.82, 2.24) is 0 Å². The zero-order valence-corrected chi connectivity index (χ0v) is 12.9. The Kier molecular flexibility index (Phi) is 5.83. The van der Waals surface area contributed by atoms with Crippen LogP contribution < -0.4 is 4.74 Å². The summed E-state index contributed by atoms with van der Waals surface area (Å²) in [5, 5.41) is 18.1. The number of carbonyl (C=O) groups is 2. The smallest absolute Gasteiger partial charge is 0.343 e. The van der Waals surface area contributed by atoms with Gasteiger partial charge in [0, 0.05) is 18.7 Å². The normalized spacial score (nSPS) is 12.1. The van der Waals surface area contributed by atoms with Gasteiger partial charge in [0.2, 0.25) is 0 Å². The van der Waals surface area contributed by atoms with Gasteiger partial charge >= 0.3 is 11.9 Å². The van der Waals surface area contributed by atoms with Crippen molar-refractivity contribution in [1.29, 1.82) is 0 Å². The molecule has 2 rings (SSSR count). The van der Waals surface area contributed by atoms with E-state index in [-0.39, 0.29) is 0 Å². The van der Waals surface area contributed by atoms with Crippen LogP contribution in [0, 0.1) is 0 Å². The maximum Gasteiger partial charge on any atom is 0.343 e. The first kappa shape index (κ1) is 17.4. The van der Waals surface area contributed by atoms with Gasteiger partial charge in [-0.15, -0.1) is 0 Å². The summed E-state index contributed by atoms with van der Waals surface area (Å²) < 4.78 is 10.0. The zero-order chi connectivity index (χ0) is 17.5.